The summed E-state index contributed by atoms with van der Waals surface area (Å²) < 4.78 is 54.2. The summed E-state index contributed by atoms with van der Waals surface area (Å²) in [5.41, 5.74) is 0. The van der Waals surface area contributed by atoms with Gasteiger partial charge in [-0.2, -0.15) is 13.2 Å². The van der Waals surface area contributed by atoms with Gasteiger partial charge in [-0.25, -0.2) is 9.18 Å². The van der Waals surface area contributed by atoms with Crippen LogP contribution in [0.25, 0.3) is 0 Å². The lowest BCUT2D eigenvalue weighted by atomic mass is 10.1. The first kappa shape index (κ1) is 21.0. The van der Waals surface area contributed by atoms with Gasteiger partial charge in [0, 0.05) is 28.5 Å². The Bertz CT molecular complexity index is 329. The minimum Gasteiger partial charge on any atom is -0.466 e. The Morgan fingerprint density at radius 2 is 1.80 bits per heavy atom. The molecule has 0 saturated carbocycles. The van der Waals surface area contributed by atoms with Crippen LogP contribution >= 0.6 is 11.8 Å². The zero-order valence-electron chi connectivity index (χ0n) is 10.7. The van der Waals surface area contributed by atoms with Crippen LogP contribution in [0.1, 0.15) is 25.7 Å². The number of terminal acetylenes is 1. The number of unbranched alkanes of at least 4 members (excludes halogenated alkanes) is 1. The van der Waals surface area contributed by atoms with Gasteiger partial charge in [0.25, 0.3) is 5.00 Å². The van der Waals surface area contributed by atoms with Crippen molar-refractivity contribution < 1.29 is 27.1 Å². The average molecular weight is 318 g/mol. The van der Waals surface area contributed by atoms with Crippen LogP contribution in [-0.2, 0) is 9.53 Å². The second-order valence-electron chi connectivity index (χ2n) is 3.49. The van der Waals surface area contributed by atoms with E-state index in [-0.39, 0.29) is 19.3 Å². The number of esters is 1. The van der Waals surface area contributed by atoms with E-state index in [2.05, 4.69) is 10.7 Å². The molecule has 0 aromatic rings. The first-order valence-corrected chi connectivity index (χ1v) is 6.32. The van der Waals surface area contributed by atoms with E-state index < -0.39 is 29.3 Å². The Morgan fingerprint density at radius 1 is 1.25 bits per heavy atom. The van der Waals surface area contributed by atoms with Crippen LogP contribution in [0.3, 0.4) is 0 Å². The van der Waals surface area contributed by atoms with Gasteiger partial charge in [-0.1, -0.05) is 0 Å². The number of ether oxygens (including phenoxy) is 1. The number of hydrogen-bond donors (Lipinski definition) is 0. The van der Waals surface area contributed by atoms with Crippen molar-refractivity contribution in [2.24, 2.45) is 0 Å². The monoisotopic (exact) mass is 318 g/mol. The Kier molecular flexibility index (Phi) is 11.0. The molecule has 0 N–H and O–H groups in total. The molecular weight excluding hydrogens is 304 g/mol. The minimum atomic E-state index is -4.37. The van der Waals surface area contributed by atoms with E-state index in [1.807, 2.05) is 0 Å². The maximum Gasteiger partial charge on any atom is 0.389 e. The van der Waals surface area contributed by atoms with Crippen molar-refractivity contribution in [3.05, 3.63) is 9.93 Å². The maximum absolute atomic E-state index is 14.1. The van der Waals surface area contributed by atoms with Crippen LogP contribution < -0.4 is 0 Å². The summed E-state index contributed by atoms with van der Waals surface area (Å²) in [6.07, 6.45) is -0.346. The van der Waals surface area contributed by atoms with E-state index in [1.54, 1.807) is 0 Å². The van der Waals surface area contributed by atoms with Crippen molar-refractivity contribution >= 4 is 17.7 Å². The topological polar surface area (TPSA) is 60.4 Å². The smallest absolute Gasteiger partial charge is 0.389 e. The number of thioether (sulfide) groups is 1. The second kappa shape index (κ2) is 10.5. The van der Waals surface area contributed by atoms with Crippen LogP contribution in [-0.4, -0.2) is 30.0 Å². The molecule has 0 aliphatic carbocycles. The summed E-state index contributed by atoms with van der Waals surface area (Å²) in [5.74, 6) is 0.559. The highest BCUT2D eigenvalue weighted by molar-refractivity contribution is 8.01. The van der Waals surface area contributed by atoms with Crippen LogP contribution in [0.15, 0.2) is 0 Å². The van der Waals surface area contributed by atoms with Crippen molar-refractivity contribution in [1.82, 2.24) is 0 Å². The molecule has 0 aliphatic heterocycles. The Labute approximate surface area is 117 Å². The van der Waals surface area contributed by atoms with Gasteiger partial charge in [-0.3, -0.25) is 0 Å². The van der Waals surface area contributed by atoms with Crippen molar-refractivity contribution in [3.63, 3.8) is 0 Å². The summed E-state index contributed by atoms with van der Waals surface area (Å²) >= 11 is 0.304. The number of halogens is 4. The van der Waals surface area contributed by atoms with Gasteiger partial charge >= 0.3 is 12.1 Å². The fourth-order valence-electron chi connectivity index (χ4n) is 1.13. The fraction of sp³-hybridized carbons (Fsp3) is 0.727. The van der Waals surface area contributed by atoms with Crippen LogP contribution in [0, 0.1) is 22.3 Å². The number of carbonyl (C=O) groups excluding carboxylic acids is 1. The molecule has 0 fully saturated rings. The molecule has 0 rings (SSSR count). The number of methoxy groups -OCH3 is 1. The predicted molar refractivity (Wildman–Crippen MR) is 68.4 cm³/mol. The SMILES string of the molecule is C#CCCCC(F)(SCCC(F)(F)F)C(=O)OC.O=O. The average Bonchev–Trinajstić information content (AvgIpc) is 2.39. The van der Waals surface area contributed by atoms with E-state index in [4.69, 9.17) is 16.4 Å². The highest BCUT2D eigenvalue weighted by Gasteiger charge is 2.41. The van der Waals surface area contributed by atoms with Gasteiger partial charge in [0.2, 0.25) is 0 Å². The molecule has 116 valence electrons. The summed E-state index contributed by atoms with van der Waals surface area (Å²) in [7, 11) is 0.988. The van der Waals surface area contributed by atoms with Crippen LogP contribution in [0.4, 0.5) is 17.6 Å². The Balaban J connectivity index is 0. The van der Waals surface area contributed by atoms with Crippen molar-refractivity contribution in [3.8, 4) is 12.3 Å². The quantitative estimate of drug-likeness (QED) is 0.312. The molecule has 0 bridgehead atoms. The maximum atomic E-state index is 14.1. The predicted octanol–water partition coefficient (Wildman–Crippen LogP) is 3.38. The van der Waals surface area contributed by atoms with Crippen LogP contribution in [0.5, 0.6) is 0 Å². The standard InChI is InChI=1S/C11H14F4O2S.O2/c1-3-4-5-6-10(12,9(16)17-2)18-8-7-11(13,14)15;1-2/h1H,4-8H2,2H3;. The van der Waals surface area contributed by atoms with E-state index in [0.29, 0.717) is 11.8 Å². The van der Waals surface area contributed by atoms with Gasteiger partial charge in [0.05, 0.1) is 13.5 Å². The molecule has 0 spiro atoms. The summed E-state index contributed by atoms with van der Waals surface area (Å²) in [5, 5.41) is -2.46. The zero-order chi connectivity index (χ0) is 16.2. The molecule has 0 heterocycles. The van der Waals surface area contributed by atoms with Crippen molar-refractivity contribution in [2.75, 3.05) is 12.9 Å². The largest absolute Gasteiger partial charge is 0.466 e. The molecule has 0 radical (unpaired) electrons. The first-order valence-electron chi connectivity index (χ1n) is 5.33. The van der Waals surface area contributed by atoms with Gasteiger partial charge in [-0.05, 0) is 6.42 Å². The third kappa shape index (κ3) is 9.61. The number of alkyl halides is 4. The Hall–Kier alpha value is -1.30. The summed E-state index contributed by atoms with van der Waals surface area (Å²) in [6, 6.07) is 0. The second-order valence-corrected chi connectivity index (χ2v) is 4.84. The van der Waals surface area contributed by atoms with Crippen molar-refractivity contribution in [2.45, 2.75) is 36.9 Å². The molecule has 4 nitrogen and oxygen atoms in total. The van der Waals surface area contributed by atoms with E-state index >= 15 is 0 Å². The molecule has 1 unspecified atom stereocenters. The third-order valence-corrected chi connectivity index (χ3v) is 3.26. The molecule has 0 saturated heterocycles. The lowest BCUT2D eigenvalue weighted by Gasteiger charge is -2.21. The lowest BCUT2D eigenvalue weighted by Crippen LogP contribution is -2.32. The fourth-order valence-corrected chi connectivity index (χ4v) is 2.28. The molecule has 0 aliphatic rings. The zero-order valence-corrected chi connectivity index (χ0v) is 11.5. The molecule has 0 aromatic carbocycles. The molecule has 20 heavy (non-hydrogen) atoms. The van der Waals surface area contributed by atoms with Gasteiger partial charge < -0.3 is 4.74 Å². The summed E-state index contributed by atoms with van der Waals surface area (Å²) in [4.78, 5) is 25.2. The lowest BCUT2D eigenvalue weighted by molar-refractivity contribution is -0.149. The van der Waals surface area contributed by atoms with E-state index in [1.165, 1.54) is 0 Å². The molecular formula is C11H14F4O4S. The number of hydrogen-bond acceptors (Lipinski definition) is 5. The van der Waals surface area contributed by atoms with Crippen LogP contribution in [0.2, 0.25) is 0 Å². The minimum absolute atomic E-state index is 0.209. The van der Waals surface area contributed by atoms with Gasteiger partial charge in [0.1, 0.15) is 0 Å². The summed E-state index contributed by atoms with van der Waals surface area (Å²) in [6.45, 7) is 0. The number of carbonyl (C=O) groups is 1. The van der Waals surface area contributed by atoms with Gasteiger partial charge in [0.15, 0.2) is 0 Å². The molecule has 0 amide bonds. The normalized spacial score (nSPS) is 13.4. The molecule has 1 atom stereocenters. The van der Waals surface area contributed by atoms with Gasteiger partial charge in [-0.15, -0.1) is 24.1 Å². The van der Waals surface area contributed by atoms with Crippen molar-refractivity contribution in [1.29, 1.82) is 0 Å². The Morgan fingerprint density at radius 3 is 2.20 bits per heavy atom. The third-order valence-electron chi connectivity index (χ3n) is 2.03. The highest BCUT2D eigenvalue weighted by atomic mass is 32.2. The highest BCUT2D eigenvalue weighted by Crippen LogP contribution is 2.36. The van der Waals surface area contributed by atoms with E-state index in [9.17, 15) is 22.4 Å². The van der Waals surface area contributed by atoms with E-state index in [0.717, 1.165) is 7.11 Å². The first-order chi connectivity index (χ1) is 9.25. The molecule has 9 heteroatoms. The number of rotatable bonds is 7. The molecule has 0 aromatic heterocycles.